The van der Waals surface area contributed by atoms with Gasteiger partial charge < -0.3 is 9.42 Å². The van der Waals surface area contributed by atoms with Crippen LogP contribution in [-0.2, 0) is 10.0 Å². The molecule has 0 bridgehead atoms. The van der Waals surface area contributed by atoms with Crippen LogP contribution in [-0.4, -0.2) is 36.4 Å². The van der Waals surface area contributed by atoms with Gasteiger partial charge in [0.1, 0.15) is 0 Å². The SMILES string of the molecule is Cc1noc2nc(-c3ccccc3)cc(C(=O)N(C)C(C)c3cccc(S(N)(=O)=O)c3)c12. The van der Waals surface area contributed by atoms with Crippen molar-refractivity contribution in [2.75, 3.05) is 7.05 Å². The highest BCUT2D eigenvalue weighted by atomic mass is 32.2. The number of nitrogens with two attached hydrogens (primary N) is 1. The fraction of sp³-hybridized carbons (Fsp3) is 0.174. The number of carbonyl (C=O) groups excluding carboxylic acids is 1. The van der Waals surface area contributed by atoms with Crippen LogP contribution in [0.2, 0.25) is 0 Å². The zero-order chi connectivity index (χ0) is 23.0. The van der Waals surface area contributed by atoms with Crippen LogP contribution in [0.15, 0.2) is 70.1 Å². The number of nitrogens with zero attached hydrogens (tertiary/aromatic N) is 3. The minimum Gasteiger partial charge on any atom is -0.335 e. The molecule has 1 unspecified atom stereocenters. The molecule has 0 aliphatic carbocycles. The molecule has 164 valence electrons. The molecular formula is C23H22N4O4S. The number of benzene rings is 2. The Morgan fingerprint density at radius 3 is 2.50 bits per heavy atom. The van der Waals surface area contributed by atoms with Gasteiger partial charge in [-0.05, 0) is 37.6 Å². The molecular weight excluding hydrogens is 428 g/mol. The number of sulfonamides is 1. The van der Waals surface area contributed by atoms with E-state index in [0.29, 0.717) is 27.9 Å². The number of carbonyl (C=O) groups is 1. The number of hydrogen-bond acceptors (Lipinski definition) is 6. The minimum atomic E-state index is -3.85. The zero-order valence-electron chi connectivity index (χ0n) is 17.8. The average Bonchev–Trinajstić information content (AvgIpc) is 3.18. The van der Waals surface area contributed by atoms with Crippen molar-refractivity contribution in [3.8, 4) is 11.3 Å². The van der Waals surface area contributed by atoms with Gasteiger partial charge in [-0.1, -0.05) is 47.6 Å². The van der Waals surface area contributed by atoms with Crippen molar-refractivity contribution in [1.82, 2.24) is 15.0 Å². The fourth-order valence-corrected chi connectivity index (χ4v) is 4.13. The molecule has 2 aromatic heterocycles. The number of rotatable bonds is 5. The molecule has 0 aliphatic rings. The molecule has 4 rings (SSSR count). The van der Waals surface area contributed by atoms with Crippen LogP contribution < -0.4 is 5.14 Å². The summed E-state index contributed by atoms with van der Waals surface area (Å²) < 4.78 is 28.8. The molecule has 0 fully saturated rings. The van der Waals surface area contributed by atoms with Crippen LogP contribution in [0.4, 0.5) is 0 Å². The third-order valence-electron chi connectivity index (χ3n) is 5.49. The minimum absolute atomic E-state index is 0.00440. The van der Waals surface area contributed by atoms with E-state index < -0.39 is 16.1 Å². The van der Waals surface area contributed by atoms with E-state index in [1.54, 1.807) is 32.2 Å². The van der Waals surface area contributed by atoms with Gasteiger partial charge in [-0.2, -0.15) is 0 Å². The lowest BCUT2D eigenvalue weighted by Crippen LogP contribution is -2.30. The number of aromatic nitrogens is 2. The number of fused-ring (bicyclic) bond motifs is 1. The number of pyridine rings is 1. The normalized spacial score (nSPS) is 12.6. The molecule has 4 aromatic rings. The third kappa shape index (κ3) is 4.00. The zero-order valence-corrected chi connectivity index (χ0v) is 18.6. The Labute approximate surface area is 185 Å². The van der Waals surface area contributed by atoms with Gasteiger partial charge in [-0.25, -0.2) is 18.5 Å². The molecule has 0 saturated heterocycles. The van der Waals surface area contributed by atoms with Gasteiger partial charge in [0.25, 0.3) is 11.6 Å². The standard InChI is InChI=1S/C23H22N4O4S/c1-14-21-19(13-20(25-22(21)31-26-14)16-8-5-4-6-9-16)23(28)27(3)15(2)17-10-7-11-18(12-17)32(24,29)30/h4-13,15H,1-3H3,(H2,24,29,30). The van der Waals surface area contributed by atoms with Gasteiger partial charge >= 0.3 is 0 Å². The number of hydrogen-bond donors (Lipinski definition) is 1. The Bertz CT molecular complexity index is 1410. The summed E-state index contributed by atoms with van der Waals surface area (Å²) >= 11 is 0. The van der Waals surface area contributed by atoms with E-state index in [-0.39, 0.29) is 16.5 Å². The quantitative estimate of drug-likeness (QED) is 0.495. The smallest absolute Gasteiger partial charge is 0.259 e. The Morgan fingerprint density at radius 2 is 1.81 bits per heavy atom. The van der Waals surface area contributed by atoms with Crippen LogP contribution in [0.5, 0.6) is 0 Å². The highest BCUT2D eigenvalue weighted by Gasteiger charge is 2.25. The Balaban J connectivity index is 1.77. The van der Waals surface area contributed by atoms with Crippen LogP contribution in [0, 0.1) is 6.92 Å². The van der Waals surface area contributed by atoms with Crippen LogP contribution in [0.3, 0.4) is 0 Å². The Hall–Kier alpha value is -3.56. The van der Waals surface area contributed by atoms with E-state index in [1.165, 1.54) is 17.0 Å². The van der Waals surface area contributed by atoms with Crippen molar-refractivity contribution in [3.05, 3.63) is 77.5 Å². The summed E-state index contributed by atoms with van der Waals surface area (Å²) in [4.78, 5) is 19.6. The van der Waals surface area contributed by atoms with E-state index in [1.807, 2.05) is 37.3 Å². The summed E-state index contributed by atoms with van der Waals surface area (Å²) in [6, 6.07) is 17.0. The first-order valence-corrected chi connectivity index (χ1v) is 11.4. The topological polar surface area (TPSA) is 119 Å². The van der Waals surface area contributed by atoms with Gasteiger partial charge in [-0.3, -0.25) is 4.79 Å². The molecule has 0 saturated carbocycles. The highest BCUT2D eigenvalue weighted by Crippen LogP contribution is 2.30. The first-order valence-electron chi connectivity index (χ1n) is 9.89. The first-order chi connectivity index (χ1) is 15.2. The van der Waals surface area contributed by atoms with E-state index >= 15 is 0 Å². The lowest BCUT2D eigenvalue weighted by Gasteiger charge is -2.26. The van der Waals surface area contributed by atoms with Crippen molar-refractivity contribution in [2.45, 2.75) is 24.8 Å². The maximum absolute atomic E-state index is 13.6. The second-order valence-corrected chi connectivity index (χ2v) is 9.14. The Morgan fingerprint density at radius 1 is 1.09 bits per heavy atom. The molecule has 1 atom stereocenters. The molecule has 0 radical (unpaired) electrons. The van der Waals surface area contributed by atoms with Crippen molar-refractivity contribution in [3.63, 3.8) is 0 Å². The van der Waals surface area contributed by atoms with Crippen molar-refractivity contribution >= 4 is 27.0 Å². The van der Waals surface area contributed by atoms with Gasteiger partial charge in [0.2, 0.25) is 10.0 Å². The molecule has 2 N–H and O–H groups in total. The summed E-state index contributed by atoms with van der Waals surface area (Å²) in [5.74, 6) is -0.269. The molecule has 9 heteroatoms. The molecule has 0 aliphatic heterocycles. The van der Waals surface area contributed by atoms with Crippen molar-refractivity contribution in [2.24, 2.45) is 5.14 Å². The van der Waals surface area contributed by atoms with Gasteiger partial charge in [-0.15, -0.1) is 0 Å². The molecule has 2 heterocycles. The van der Waals surface area contributed by atoms with Crippen LogP contribution >= 0.6 is 0 Å². The first kappa shape index (κ1) is 21.7. The van der Waals surface area contributed by atoms with Gasteiger partial charge in [0.05, 0.1) is 33.3 Å². The fourth-order valence-electron chi connectivity index (χ4n) is 3.56. The molecule has 2 aromatic carbocycles. The predicted molar refractivity (Wildman–Crippen MR) is 120 cm³/mol. The van der Waals surface area contributed by atoms with Crippen molar-refractivity contribution in [1.29, 1.82) is 0 Å². The molecule has 0 spiro atoms. The summed E-state index contributed by atoms with van der Waals surface area (Å²) in [5, 5.41) is 9.79. The van der Waals surface area contributed by atoms with E-state index in [2.05, 4.69) is 10.1 Å². The Kier molecular flexibility index (Phi) is 5.53. The van der Waals surface area contributed by atoms with Crippen LogP contribution in [0.1, 0.15) is 34.6 Å². The number of aryl methyl sites for hydroxylation is 1. The highest BCUT2D eigenvalue weighted by molar-refractivity contribution is 7.89. The van der Waals surface area contributed by atoms with Crippen LogP contribution in [0.25, 0.3) is 22.4 Å². The van der Waals surface area contributed by atoms with E-state index in [4.69, 9.17) is 9.66 Å². The van der Waals surface area contributed by atoms with E-state index in [0.717, 1.165) is 5.56 Å². The number of primary sulfonamides is 1. The third-order valence-corrected chi connectivity index (χ3v) is 6.40. The monoisotopic (exact) mass is 450 g/mol. The predicted octanol–water partition coefficient (Wildman–Crippen LogP) is 3.68. The van der Waals surface area contributed by atoms with E-state index in [9.17, 15) is 13.2 Å². The second kappa shape index (κ2) is 8.18. The summed E-state index contributed by atoms with van der Waals surface area (Å²) in [6.45, 7) is 3.57. The maximum atomic E-state index is 13.6. The molecule has 1 amide bonds. The lowest BCUT2D eigenvalue weighted by atomic mass is 10.0. The number of amides is 1. The molecule has 8 nitrogen and oxygen atoms in total. The largest absolute Gasteiger partial charge is 0.335 e. The average molecular weight is 451 g/mol. The van der Waals surface area contributed by atoms with Gasteiger partial charge in [0.15, 0.2) is 0 Å². The summed E-state index contributed by atoms with van der Waals surface area (Å²) in [7, 11) is -2.19. The second-order valence-electron chi connectivity index (χ2n) is 7.58. The van der Waals surface area contributed by atoms with Gasteiger partial charge in [0, 0.05) is 12.6 Å². The maximum Gasteiger partial charge on any atom is 0.259 e. The summed E-state index contributed by atoms with van der Waals surface area (Å²) in [6.07, 6.45) is 0. The van der Waals surface area contributed by atoms with Crippen molar-refractivity contribution < 1.29 is 17.7 Å². The molecule has 32 heavy (non-hydrogen) atoms. The summed E-state index contributed by atoms with van der Waals surface area (Å²) in [5.41, 5.74) is 3.33. The lowest BCUT2D eigenvalue weighted by molar-refractivity contribution is 0.0744.